The van der Waals surface area contributed by atoms with Gasteiger partial charge in [0.05, 0.1) is 20.3 Å². The fourth-order valence-electron chi connectivity index (χ4n) is 2.33. The summed E-state index contributed by atoms with van der Waals surface area (Å²) in [6.07, 6.45) is 1.08. The number of methoxy groups -OCH3 is 1. The number of nitrogens with one attached hydrogen (secondary N) is 2. The Kier molecular flexibility index (Phi) is 11.4. The Morgan fingerprint density at radius 1 is 1.19 bits per heavy atom. The highest BCUT2D eigenvalue weighted by atomic mass is 32.2. The third-order valence-electron chi connectivity index (χ3n) is 3.94. The molecule has 1 fully saturated rings. The first kappa shape index (κ1) is 27.3. The molecule has 11 nitrogen and oxygen atoms in total. The van der Waals surface area contributed by atoms with E-state index in [1.54, 1.807) is 20.8 Å². The van der Waals surface area contributed by atoms with Crippen LogP contribution in [-0.4, -0.2) is 68.2 Å². The molecule has 176 valence electrons. The van der Waals surface area contributed by atoms with Gasteiger partial charge in [0.2, 0.25) is 16.9 Å². The molecular formula is C18H29N2O9PS. The van der Waals surface area contributed by atoms with Crippen molar-refractivity contribution in [3.05, 3.63) is 12.2 Å². The summed E-state index contributed by atoms with van der Waals surface area (Å²) in [5.41, 5.74) is -0.733. The zero-order valence-electron chi connectivity index (χ0n) is 18.0. The molecule has 31 heavy (non-hydrogen) atoms. The van der Waals surface area contributed by atoms with Crippen LogP contribution < -0.4 is 10.6 Å². The van der Waals surface area contributed by atoms with E-state index < -0.39 is 31.2 Å². The van der Waals surface area contributed by atoms with Crippen molar-refractivity contribution in [1.82, 2.24) is 10.6 Å². The minimum atomic E-state index is -3.79. The van der Waals surface area contributed by atoms with E-state index in [4.69, 9.17) is 13.6 Å². The smallest absolute Gasteiger partial charge is 0.466 e. The number of ether oxygens (including phenoxy) is 1. The third-order valence-corrected chi connectivity index (χ3v) is 6.26. The average molecular weight is 480 g/mol. The van der Waals surface area contributed by atoms with Gasteiger partial charge in [0.25, 0.3) is 0 Å². The van der Waals surface area contributed by atoms with Crippen LogP contribution in [0.4, 0.5) is 0 Å². The first-order chi connectivity index (χ1) is 14.5. The number of hydrogen-bond donors (Lipinski definition) is 2. The molecule has 2 atom stereocenters. The summed E-state index contributed by atoms with van der Waals surface area (Å²) < 4.78 is 32.2. The molecular weight excluding hydrogens is 451 g/mol. The average Bonchev–Trinajstić information content (AvgIpc) is 2.71. The summed E-state index contributed by atoms with van der Waals surface area (Å²) >= 11 is 0.937. The molecule has 1 saturated heterocycles. The highest BCUT2D eigenvalue weighted by Gasteiger charge is 2.48. The Hall–Kier alpha value is -1.72. The van der Waals surface area contributed by atoms with E-state index in [9.17, 15) is 23.7 Å². The van der Waals surface area contributed by atoms with Gasteiger partial charge in [-0.1, -0.05) is 25.6 Å². The molecule has 1 rings (SSSR count). The molecule has 2 N–H and O–H groups in total. The molecule has 1 heterocycles. The van der Waals surface area contributed by atoms with Crippen molar-refractivity contribution >= 4 is 42.5 Å². The Balaban J connectivity index is 2.32. The SMILES string of the molecule is CCOP1(=O)OCC(C)(C)[C@H](C(=O)NCCC(=O)NCCSC(=O)/C=C/C(=O)OC)O1. The van der Waals surface area contributed by atoms with Crippen LogP contribution in [0.2, 0.25) is 0 Å². The summed E-state index contributed by atoms with van der Waals surface area (Å²) in [7, 11) is -2.59. The van der Waals surface area contributed by atoms with E-state index in [0.29, 0.717) is 5.75 Å². The van der Waals surface area contributed by atoms with Crippen LogP contribution in [0, 0.1) is 5.41 Å². The molecule has 2 amide bonds. The first-order valence-electron chi connectivity index (χ1n) is 9.57. The van der Waals surface area contributed by atoms with E-state index in [2.05, 4.69) is 15.4 Å². The van der Waals surface area contributed by atoms with Crippen molar-refractivity contribution in [2.75, 3.05) is 39.2 Å². The predicted molar refractivity (Wildman–Crippen MR) is 113 cm³/mol. The van der Waals surface area contributed by atoms with Gasteiger partial charge in [-0.15, -0.1) is 0 Å². The van der Waals surface area contributed by atoms with E-state index in [1.807, 2.05) is 0 Å². The fraction of sp³-hybridized carbons (Fsp3) is 0.667. The molecule has 0 aromatic heterocycles. The van der Waals surface area contributed by atoms with Gasteiger partial charge >= 0.3 is 13.8 Å². The van der Waals surface area contributed by atoms with Crippen LogP contribution in [0.3, 0.4) is 0 Å². The predicted octanol–water partition coefficient (Wildman–Crippen LogP) is 1.18. The number of amides is 2. The topological polar surface area (TPSA) is 146 Å². The summed E-state index contributed by atoms with van der Waals surface area (Å²) in [4.78, 5) is 46.7. The van der Waals surface area contributed by atoms with Gasteiger partial charge in [0, 0.05) is 36.8 Å². The molecule has 0 aliphatic carbocycles. The lowest BCUT2D eigenvalue weighted by Crippen LogP contribution is -2.50. The second kappa shape index (κ2) is 13.0. The molecule has 0 spiro atoms. The lowest BCUT2D eigenvalue weighted by molar-refractivity contribution is -0.141. The van der Waals surface area contributed by atoms with Gasteiger partial charge < -0.3 is 15.4 Å². The second-order valence-corrected chi connectivity index (χ2v) is 9.75. The lowest BCUT2D eigenvalue weighted by Gasteiger charge is -2.39. The number of hydrogen-bond acceptors (Lipinski definition) is 10. The van der Waals surface area contributed by atoms with Crippen molar-refractivity contribution < 1.29 is 42.1 Å². The first-order valence-corrected chi connectivity index (χ1v) is 12.0. The summed E-state index contributed by atoms with van der Waals surface area (Å²) in [5, 5.41) is 4.87. The Morgan fingerprint density at radius 2 is 1.90 bits per heavy atom. The van der Waals surface area contributed by atoms with Crippen LogP contribution in [-0.2, 0) is 42.1 Å². The van der Waals surface area contributed by atoms with Gasteiger partial charge in [0.1, 0.15) is 0 Å². The molecule has 1 unspecified atom stereocenters. The molecule has 0 aromatic carbocycles. The van der Waals surface area contributed by atoms with Gasteiger partial charge in [-0.05, 0) is 13.0 Å². The maximum absolute atomic E-state index is 12.5. The van der Waals surface area contributed by atoms with Crippen LogP contribution in [0.5, 0.6) is 0 Å². The second-order valence-electron chi connectivity index (χ2n) is 7.03. The zero-order valence-corrected chi connectivity index (χ0v) is 19.7. The quantitative estimate of drug-likeness (QED) is 0.191. The highest BCUT2D eigenvalue weighted by Crippen LogP contribution is 2.56. The fourth-order valence-corrected chi connectivity index (χ4v) is 4.54. The number of thioether (sulfide) groups is 1. The maximum Gasteiger partial charge on any atom is 0.475 e. The molecule has 0 radical (unpaired) electrons. The van der Waals surface area contributed by atoms with E-state index in [1.165, 1.54) is 7.11 Å². The van der Waals surface area contributed by atoms with E-state index in [-0.39, 0.29) is 43.7 Å². The monoisotopic (exact) mass is 480 g/mol. The number of rotatable bonds is 11. The van der Waals surface area contributed by atoms with Crippen molar-refractivity contribution in [2.45, 2.75) is 33.3 Å². The van der Waals surface area contributed by atoms with E-state index >= 15 is 0 Å². The normalized spacial score (nSPS) is 22.6. The molecule has 13 heteroatoms. The lowest BCUT2D eigenvalue weighted by atomic mass is 9.87. The highest BCUT2D eigenvalue weighted by molar-refractivity contribution is 8.14. The minimum Gasteiger partial charge on any atom is -0.466 e. The van der Waals surface area contributed by atoms with Crippen LogP contribution in [0.1, 0.15) is 27.2 Å². The van der Waals surface area contributed by atoms with Gasteiger partial charge in [-0.25, -0.2) is 9.36 Å². The summed E-state index contributed by atoms with van der Waals surface area (Å²) in [6, 6.07) is 0. The number of phosphoric acid groups is 1. The Bertz CT molecular complexity index is 742. The van der Waals surface area contributed by atoms with Crippen molar-refractivity contribution in [3.63, 3.8) is 0 Å². The van der Waals surface area contributed by atoms with E-state index in [0.717, 1.165) is 23.9 Å². The number of phosphoric ester groups is 1. The molecule has 1 aliphatic heterocycles. The zero-order chi connectivity index (χ0) is 23.5. The molecule has 1 aliphatic rings. The standard InChI is InChI=1S/C18H29N2O9PS/c1-5-27-30(25)28-12-18(2,3)16(29-30)17(24)20-9-8-13(21)19-10-11-31-15(23)7-6-14(22)26-4/h6-7,16H,5,8-12H2,1-4H3,(H,19,21)(H,20,24)/b7-6+/t16-,30?/m0/s1. The van der Waals surface area contributed by atoms with Gasteiger partial charge in [-0.3, -0.25) is 28.0 Å². The number of esters is 1. The van der Waals surface area contributed by atoms with Crippen LogP contribution >= 0.6 is 19.6 Å². The molecule has 0 bridgehead atoms. The van der Waals surface area contributed by atoms with Crippen molar-refractivity contribution in [3.8, 4) is 0 Å². The van der Waals surface area contributed by atoms with Gasteiger partial charge in [-0.2, -0.15) is 0 Å². The minimum absolute atomic E-state index is 0.0133. The van der Waals surface area contributed by atoms with Gasteiger partial charge in [0.15, 0.2) is 6.10 Å². The molecule has 0 aromatic rings. The number of carbonyl (C=O) groups is 4. The van der Waals surface area contributed by atoms with Crippen molar-refractivity contribution in [2.24, 2.45) is 5.41 Å². The Morgan fingerprint density at radius 3 is 2.55 bits per heavy atom. The maximum atomic E-state index is 12.5. The summed E-state index contributed by atoms with van der Waals surface area (Å²) in [5.74, 6) is -1.14. The Labute approximate surface area is 185 Å². The summed E-state index contributed by atoms with van der Waals surface area (Å²) in [6.45, 7) is 5.52. The number of carbonyl (C=O) groups excluding carboxylic acids is 4. The van der Waals surface area contributed by atoms with Crippen LogP contribution in [0.25, 0.3) is 0 Å². The molecule has 0 saturated carbocycles. The third kappa shape index (κ3) is 9.96. The van der Waals surface area contributed by atoms with Crippen LogP contribution in [0.15, 0.2) is 12.2 Å². The largest absolute Gasteiger partial charge is 0.475 e. The van der Waals surface area contributed by atoms with Crippen molar-refractivity contribution in [1.29, 1.82) is 0 Å².